The Morgan fingerprint density at radius 1 is 1.35 bits per heavy atom. The number of rotatable bonds is 6. The third-order valence-corrected chi connectivity index (χ3v) is 4.30. The molecular formula is C15H22BrClN2O. The van der Waals surface area contributed by atoms with E-state index in [0.717, 1.165) is 11.0 Å². The molecule has 1 amide bonds. The zero-order valence-electron chi connectivity index (χ0n) is 11.7. The zero-order valence-corrected chi connectivity index (χ0v) is 14.1. The lowest BCUT2D eigenvalue weighted by Gasteiger charge is -2.34. The number of halogens is 2. The molecule has 0 spiro atoms. The number of hydrogen-bond donors (Lipinski definition) is 2. The molecule has 1 unspecified atom stereocenters. The number of carbonyl (C=O) groups is 1. The molecule has 0 radical (unpaired) electrons. The minimum atomic E-state index is 0. The summed E-state index contributed by atoms with van der Waals surface area (Å²) in [5.74, 6) is 0.730. The molecule has 112 valence electrons. The highest BCUT2D eigenvalue weighted by molar-refractivity contribution is 9.10. The fourth-order valence-corrected chi connectivity index (χ4v) is 2.67. The predicted molar refractivity (Wildman–Crippen MR) is 88.2 cm³/mol. The number of nitrogens with one attached hydrogen (secondary N) is 2. The quantitative estimate of drug-likeness (QED) is 0.815. The van der Waals surface area contributed by atoms with Crippen molar-refractivity contribution in [1.29, 1.82) is 0 Å². The van der Waals surface area contributed by atoms with E-state index in [0.29, 0.717) is 12.3 Å². The van der Waals surface area contributed by atoms with Gasteiger partial charge in [-0.05, 0) is 43.5 Å². The van der Waals surface area contributed by atoms with Crippen LogP contribution in [0.4, 0.5) is 0 Å². The van der Waals surface area contributed by atoms with E-state index in [1.54, 1.807) is 0 Å². The van der Waals surface area contributed by atoms with Crippen molar-refractivity contribution in [3.8, 4) is 0 Å². The Labute approximate surface area is 135 Å². The van der Waals surface area contributed by atoms with Crippen LogP contribution in [-0.2, 0) is 4.79 Å². The van der Waals surface area contributed by atoms with Gasteiger partial charge in [0.15, 0.2) is 0 Å². The van der Waals surface area contributed by atoms with Gasteiger partial charge in [-0.1, -0.05) is 34.5 Å². The summed E-state index contributed by atoms with van der Waals surface area (Å²) in [6.45, 7) is 0.726. The molecule has 1 saturated carbocycles. The van der Waals surface area contributed by atoms with Crippen molar-refractivity contribution in [1.82, 2.24) is 10.6 Å². The van der Waals surface area contributed by atoms with Crippen LogP contribution < -0.4 is 10.6 Å². The fourth-order valence-electron chi connectivity index (χ4n) is 2.40. The molecule has 1 aliphatic rings. The van der Waals surface area contributed by atoms with Crippen molar-refractivity contribution in [2.24, 2.45) is 5.92 Å². The van der Waals surface area contributed by atoms with Gasteiger partial charge in [0.1, 0.15) is 0 Å². The van der Waals surface area contributed by atoms with Crippen LogP contribution in [0.2, 0.25) is 0 Å². The Morgan fingerprint density at radius 2 is 2.00 bits per heavy atom. The molecule has 1 atom stereocenters. The van der Waals surface area contributed by atoms with Crippen LogP contribution in [0.5, 0.6) is 0 Å². The molecular weight excluding hydrogens is 340 g/mol. The summed E-state index contributed by atoms with van der Waals surface area (Å²) in [7, 11) is 1.87. The normalized spacial score (nSPS) is 15.9. The topological polar surface area (TPSA) is 41.1 Å². The Kier molecular flexibility index (Phi) is 7.56. The monoisotopic (exact) mass is 360 g/mol. The van der Waals surface area contributed by atoms with Gasteiger partial charge < -0.3 is 10.6 Å². The van der Waals surface area contributed by atoms with Crippen molar-refractivity contribution < 1.29 is 4.79 Å². The first-order chi connectivity index (χ1) is 9.20. The lowest BCUT2D eigenvalue weighted by atomic mass is 9.77. The molecule has 1 aromatic carbocycles. The van der Waals surface area contributed by atoms with Gasteiger partial charge in [-0.15, -0.1) is 12.4 Å². The van der Waals surface area contributed by atoms with Crippen molar-refractivity contribution in [3.05, 3.63) is 34.3 Å². The zero-order chi connectivity index (χ0) is 13.7. The molecule has 0 saturated heterocycles. The highest BCUT2D eigenvalue weighted by Crippen LogP contribution is 2.38. The third-order valence-electron chi connectivity index (χ3n) is 3.77. The Bertz CT molecular complexity index is 420. The Morgan fingerprint density at radius 3 is 2.50 bits per heavy atom. The van der Waals surface area contributed by atoms with Gasteiger partial charge in [-0.2, -0.15) is 0 Å². The molecule has 1 aromatic rings. The van der Waals surface area contributed by atoms with E-state index >= 15 is 0 Å². The van der Waals surface area contributed by atoms with Gasteiger partial charge in [0.2, 0.25) is 5.91 Å². The van der Waals surface area contributed by atoms with E-state index in [-0.39, 0.29) is 24.4 Å². The minimum Gasteiger partial charge on any atom is -0.349 e. The maximum absolute atomic E-state index is 11.9. The van der Waals surface area contributed by atoms with Crippen LogP contribution >= 0.6 is 28.3 Å². The smallest absolute Gasteiger partial charge is 0.221 e. The van der Waals surface area contributed by atoms with Crippen LogP contribution in [0.25, 0.3) is 0 Å². The second-order valence-corrected chi connectivity index (χ2v) is 6.06. The highest BCUT2D eigenvalue weighted by Gasteiger charge is 2.29. The van der Waals surface area contributed by atoms with Crippen molar-refractivity contribution >= 4 is 34.2 Å². The number of benzene rings is 1. The molecule has 1 aliphatic carbocycles. The number of carbonyl (C=O) groups excluding carboxylic acids is 1. The SMILES string of the molecule is CNCCC(=O)NC(c1ccc(Br)cc1)C1CCC1.Cl. The van der Waals surface area contributed by atoms with Gasteiger partial charge in [-0.3, -0.25) is 4.79 Å². The first-order valence-electron chi connectivity index (χ1n) is 6.90. The van der Waals surface area contributed by atoms with Gasteiger partial charge in [0.25, 0.3) is 0 Å². The molecule has 20 heavy (non-hydrogen) atoms. The lowest BCUT2D eigenvalue weighted by molar-refractivity contribution is -0.122. The second kappa shape index (κ2) is 8.65. The molecule has 0 bridgehead atoms. The lowest BCUT2D eigenvalue weighted by Crippen LogP contribution is -2.37. The highest BCUT2D eigenvalue weighted by atomic mass is 79.9. The van der Waals surface area contributed by atoms with Gasteiger partial charge >= 0.3 is 0 Å². The summed E-state index contributed by atoms with van der Waals surface area (Å²) in [5, 5.41) is 6.20. The first kappa shape index (κ1) is 17.5. The molecule has 0 heterocycles. The van der Waals surface area contributed by atoms with Crippen LogP contribution in [-0.4, -0.2) is 19.5 Å². The van der Waals surface area contributed by atoms with Crippen LogP contribution in [0.3, 0.4) is 0 Å². The Balaban J connectivity index is 0.00000200. The van der Waals surface area contributed by atoms with Crippen LogP contribution in [0, 0.1) is 5.92 Å². The minimum absolute atomic E-state index is 0. The summed E-state index contributed by atoms with van der Waals surface area (Å²) in [6.07, 6.45) is 4.25. The van der Waals surface area contributed by atoms with Crippen LogP contribution in [0.15, 0.2) is 28.7 Å². The second-order valence-electron chi connectivity index (χ2n) is 5.14. The predicted octanol–water partition coefficient (Wildman–Crippen LogP) is 3.44. The van der Waals surface area contributed by atoms with Crippen molar-refractivity contribution in [3.63, 3.8) is 0 Å². The molecule has 3 nitrogen and oxygen atoms in total. The Hall–Kier alpha value is -0.580. The van der Waals surface area contributed by atoms with Crippen molar-refractivity contribution in [2.45, 2.75) is 31.7 Å². The molecule has 2 rings (SSSR count). The standard InChI is InChI=1S/C15H21BrN2O.ClH/c1-17-10-9-14(19)18-15(11-3-2-4-11)12-5-7-13(16)8-6-12;/h5-8,11,15,17H,2-4,9-10H2,1H3,(H,18,19);1H. The van der Waals surface area contributed by atoms with Crippen molar-refractivity contribution in [2.75, 3.05) is 13.6 Å². The van der Waals surface area contributed by atoms with E-state index in [2.05, 4.69) is 38.7 Å². The average Bonchev–Trinajstić information content (AvgIpc) is 2.34. The summed E-state index contributed by atoms with van der Waals surface area (Å²) < 4.78 is 1.07. The summed E-state index contributed by atoms with van der Waals surface area (Å²) >= 11 is 3.45. The fraction of sp³-hybridized carbons (Fsp3) is 0.533. The average molecular weight is 362 g/mol. The largest absolute Gasteiger partial charge is 0.349 e. The number of amides is 1. The van der Waals surface area contributed by atoms with E-state index in [1.165, 1.54) is 24.8 Å². The summed E-state index contributed by atoms with van der Waals surface area (Å²) in [4.78, 5) is 11.9. The molecule has 5 heteroatoms. The number of hydrogen-bond acceptors (Lipinski definition) is 2. The summed E-state index contributed by atoms with van der Waals surface area (Å²) in [6, 6.07) is 8.46. The van der Waals surface area contributed by atoms with Gasteiger partial charge in [-0.25, -0.2) is 0 Å². The van der Waals surface area contributed by atoms with Gasteiger partial charge in [0.05, 0.1) is 6.04 Å². The van der Waals surface area contributed by atoms with Gasteiger partial charge in [0, 0.05) is 17.4 Å². The third kappa shape index (κ3) is 4.76. The van der Waals surface area contributed by atoms with E-state index in [1.807, 2.05) is 19.2 Å². The van der Waals surface area contributed by atoms with Crippen LogP contribution in [0.1, 0.15) is 37.3 Å². The molecule has 0 aromatic heterocycles. The molecule has 1 fully saturated rings. The van der Waals surface area contributed by atoms with E-state index in [4.69, 9.17) is 0 Å². The maximum atomic E-state index is 11.9. The first-order valence-corrected chi connectivity index (χ1v) is 7.69. The summed E-state index contributed by atoms with van der Waals surface area (Å²) in [5.41, 5.74) is 1.21. The molecule has 2 N–H and O–H groups in total. The maximum Gasteiger partial charge on any atom is 0.221 e. The van der Waals surface area contributed by atoms with E-state index in [9.17, 15) is 4.79 Å². The molecule has 0 aliphatic heterocycles. The van der Waals surface area contributed by atoms with E-state index < -0.39 is 0 Å².